The van der Waals surface area contributed by atoms with Crippen molar-refractivity contribution in [2.24, 2.45) is 0 Å². The Bertz CT molecular complexity index is 946. The number of benzene rings is 1. The van der Waals surface area contributed by atoms with Gasteiger partial charge in [-0.1, -0.05) is 30.3 Å². The van der Waals surface area contributed by atoms with Gasteiger partial charge in [0.2, 0.25) is 5.91 Å². The molecule has 0 radical (unpaired) electrons. The molecule has 4 rings (SSSR count). The van der Waals surface area contributed by atoms with Gasteiger partial charge in [-0.15, -0.1) is 11.3 Å². The van der Waals surface area contributed by atoms with E-state index in [-0.39, 0.29) is 11.8 Å². The molecule has 1 saturated heterocycles. The van der Waals surface area contributed by atoms with Gasteiger partial charge in [0.1, 0.15) is 10.7 Å². The molecule has 0 atom stereocenters. The lowest BCUT2D eigenvalue weighted by molar-refractivity contribution is -0.132. The molecule has 0 unspecified atom stereocenters. The number of hydrogen-bond acceptors (Lipinski definition) is 5. The number of thiazole rings is 1. The number of amides is 2. The second-order valence-electron chi connectivity index (χ2n) is 7.06. The Morgan fingerprint density at radius 2 is 1.72 bits per heavy atom. The first-order valence-electron chi connectivity index (χ1n) is 9.80. The maximum Gasteiger partial charge on any atom is 0.273 e. The predicted octanol–water partition coefficient (Wildman–Crippen LogP) is 4.18. The molecule has 0 N–H and O–H groups in total. The van der Waals surface area contributed by atoms with Crippen LogP contribution in [0, 0.1) is 0 Å². The number of rotatable bonds is 6. The largest absolute Gasteiger partial charge is 0.339 e. The molecule has 0 spiro atoms. The van der Waals surface area contributed by atoms with Crippen LogP contribution in [-0.2, 0) is 11.2 Å². The van der Waals surface area contributed by atoms with Gasteiger partial charge in [0.05, 0.1) is 0 Å². The van der Waals surface area contributed by atoms with Crippen molar-refractivity contribution in [1.82, 2.24) is 14.8 Å². The minimum Gasteiger partial charge on any atom is -0.339 e. The summed E-state index contributed by atoms with van der Waals surface area (Å²) in [6, 6.07) is 12.3. The van der Waals surface area contributed by atoms with E-state index in [1.54, 1.807) is 16.2 Å². The van der Waals surface area contributed by atoms with Crippen LogP contribution in [0.3, 0.4) is 0 Å². The highest BCUT2D eigenvalue weighted by atomic mass is 32.1. The maximum atomic E-state index is 12.8. The number of nitrogens with zero attached hydrogens (tertiary/aromatic N) is 3. The summed E-state index contributed by atoms with van der Waals surface area (Å²) in [5.41, 5.74) is 2.82. The van der Waals surface area contributed by atoms with Crippen LogP contribution in [0.2, 0.25) is 0 Å². The van der Waals surface area contributed by atoms with E-state index < -0.39 is 0 Å². The topological polar surface area (TPSA) is 53.5 Å². The van der Waals surface area contributed by atoms with Gasteiger partial charge < -0.3 is 9.80 Å². The maximum absolute atomic E-state index is 12.8. The first-order chi connectivity index (χ1) is 14.2. The fraction of sp³-hybridized carbons (Fsp3) is 0.318. The lowest BCUT2D eigenvalue weighted by Crippen LogP contribution is -2.50. The smallest absolute Gasteiger partial charge is 0.273 e. The third-order valence-corrected chi connectivity index (χ3v) is 6.68. The summed E-state index contributed by atoms with van der Waals surface area (Å²) in [6.07, 6.45) is 2.33. The van der Waals surface area contributed by atoms with E-state index in [1.165, 1.54) is 16.9 Å². The minimum atomic E-state index is -0.0427. The second-order valence-corrected chi connectivity index (χ2v) is 8.70. The molecule has 0 aliphatic carbocycles. The van der Waals surface area contributed by atoms with Crippen LogP contribution in [0.4, 0.5) is 0 Å². The Morgan fingerprint density at radius 1 is 0.966 bits per heavy atom. The summed E-state index contributed by atoms with van der Waals surface area (Å²) in [6.45, 7) is 2.32. The normalized spacial score (nSPS) is 14.2. The molecule has 1 aliphatic rings. The Balaban J connectivity index is 1.24. The summed E-state index contributed by atoms with van der Waals surface area (Å²) >= 11 is 3.12. The monoisotopic (exact) mass is 425 g/mol. The summed E-state index contributed by atoms with van der Waals surface area (Å²) in [5, 5.41) is 6.75. The number of aromatic nitrogens is 1. The summed E-state index contributed by atoms with van der Waals surface area (Å²) in [4.78, 5) is 33.4. The highest BCUT2D eigenvalue weighted by Crippen LogP contribution is 2.26. The number of aryl methyl sites for hydroxylation is 1. The molecule has 2 amide bonds. The highest BCUT2D eigenvalue weighted by Gasteiger charge is 2.26. The van der Waals surface area contributed by atoms with Gasteiger partial charge in [0.25, 0.3) is 5.91 Å². The molecule has 150 valence electrons. The third kappa shape index (κ3) is 4.92. The van der Waals surface area contributed by atoms with E-state index in [4.69, 9.17) is 0 Å². The van der Waals surface area contributed by atoms with Crippen LogP contribution < -0.4 is 0 Å². The summed E-state index contributed by atoms with van der Waals surface area (Å²) in [5.74, 6) is 0.139. The SMILES string of the molecule is O=C(CCCc1ccccc1)N1CCN(C(=O)c2csc(-c3ccsc3)n2)CC1. The van der Waals surface area contributed by atoms with Crippen molar-refractivity contribution in [3.05, 3.63) is 63.8 Å². The standard InChI is InChI=1S/C22H23N3O2S2/c26-20(8-4-7-17-5-2-1-3-6-17)24-10-12-25(13-11-24)22(27)19-16-29-21(23-19)18-9-14-28-15-18/h1-3,5-6,9,14-16H,4,7-8,10-13H2. The van der Waals surface area contributed by atoms with Gasteiger partial charge in [0, 0.05) is 48.9 Å². The fourth-order valence-corrected chi connectivity index (χ4v) is 4.96. The number of piperazine rings is 1. The zero-order valence-corrected chi connectivity index (χ0v) is 17.8. The van der Waals surface area contributed by atoms with E-state index in [0.29, 0.717) is 38.3 Å². The van der Waals surface area contributed by atoms with Crippen molar-refractivity contribution in [2.45, 2.75) is 19.3 Å². The zero-order chi connectivity index (χ0) is 20.1. The molecule has 1 fully saturated rings. The van der Waals surface area contributed by atoms with Crippen molar-refractivity contribution in [2.75, 3.05) is 26.2 Å². The molecule has 0 saturated carbocycles. The van der Waals surface area contributed by atoms with Crippen LogP contribution >= 0.6 is 22.7 Å². The third-order valence-electron chi connectivity index (χ3n) is 5.11. The quantitative estimate of drug-likeness (QED) is 0.595. The first-order valence-corrected chi connectivity index (χ1v) is 11.6. The van der Waals surface area contributed by atoms with E-state index in [2.05, 4.69) is 17.1 Å². The number of thiophene rings is 1. The molecule has 1 aliphatic heterocycles. The molecule has 29 heavy (non-hydrogen) atoms. The first kappa shape index (κ1) is 19.8. The van der Waals surface area contributed by atoms with Crippen molar-refractivity contribution < 1.29 is 9.59 Å². The minimum absolute atomic E-state index is 0.0427. The predicted molar refractivity (Wildman–Crippen MR) is 117 cm³/mol. The average molecular weight is 426 g/mol. The molecular weight excluding hydrogens is 402 g/mol. The lowest BCUT2D eigenvalue weighted by atomic mass is 10.1. The average Bonchev–Trinajstić information content (AvgIpc) is 3.46. The van der Waals surface area contributed by atoms with Crippen LogP contribution in [0.5, 0.6) is 0 Å². The van der Waals surface area contributed by atoms with Gasteiger partial charge in [-0.3, -0.25) is 9.59 Å². The second kappa shape index (κ2) is 9.33. The molecule has 0 bridgehead atoms. The van der Waals surface area contributed by atoms with Crippen molar-refractivity contribution >= 4 is 34.5 Å². The summed E-state index contributed by atoms with van der Waals surface area (Å²) < 4.78 is 0. The Kier molecular flexibility index (Phi) is 6.36. The van der Waals surface area contributed by atoms with E-state index in [1.807, 2.05) is 45.3 Å². The van der Waals surface area contributed by atoms with Crippen molar-refractivity contribution in [3.63, 3.8) is 0 Å². The highest BCUT2D eigenvalue weighted by molar-refractivity contribution is 7.14. The molecule has 3 heterocycles. The van der Waals surface area contributed by atoms with Gasteiger partial charge in [-0.05, 0) is 29.9 Å². The van der Waals surface area contributed by atoms with Crippen LogP contribution in [0.1, 0.15) is 28.9 Å². The molecule has 7 heteroatoms. The summed E-state index contributed by atoms with van der Waals surface area (Å²) in [7, 11) is 0. The zero-order valence-electron chi connectivity index (χ0n) is 16.1. The molecule has 3 aromatic rings. The molecular formula is C22H23N3O2S2. The van der Waals surface area contributed by atoms with Crippen LogP contribution in [-0.4, -0.2) is 52.8 Å². The molecule has 1 aromatic carbocycles. The Hall–Kier alpha value is -2.51. The van der Waals surface area contributed by atoms with Gasteiger partial charge in [0.15, 0.2) is 0 Å². The molecule has 2 aromatic heterocycles. The van der Waals surface area contributed by atoms with Crippen molar-refractivity contribution in [1.29, 1.82) is 0 Å². The number of carbonyl (C=O) groups is 2. The lowest BCUT2D eigenvalue weighted by Gasteiger charge is -2.34. The number of hydrogen-bond donors (Lipinski definition) is 0. The van der Waals surface area contributed by atoms with Gasteiger partial charge >= 0.3 is 0 Å². The van der Waals surface area contributed by atoms with E-state index in [9.17, 15) is 9.59 Å². The van der Waals surface area contributed by atoms with E-state index >= 15 is 0 Å². The van der Waals surface area contributed by atoms with E-state index in [0.717, 1.165) is 23.4 Å². The van der Waals surface area contributed by atoms with Crippen molar-refractivity contribution in [3.8, 4) is 10.6 Å². The number of carbonyl (C=O) groups excluding carboxylic acids is 2. The van der Waals surface area contributed by atoms with Gasteiger partial charge in [-0.2, -0.15) is 11.3 Å². The van der Waals surface area contributed by atoms with Crippen LogP contribution in [0.25, 0.3) is 10.6 Å². The Labute approximate surface area is 178 Å². The van der Waals surface area contributed by atoms with Crippen LogP contribution in [0.15, 0.2) is 52.5 Å². The Morgan fingerprint density at radius 3 is 2.45 bits per heavy atom. The fourth-order valence-electron chi connectivity index (χ4n) is 3.46. The van der Waals surface area contributed by atoms with Gasteiger partial charge in [-0.25, -0.2) is 4.98 Å². The molecule has 5 nitrogen and oxygen atoms in total.